The zero-order chi connectivity index (χ0) is 17.7. The monoisotopic (exact) mass is 342 g/mol. The molecule has 2 aromatic rings. The van der Waals surface area contributed by atoms with E-state index in [2.05, 4.69) is 20.2 Å². The first-order valence-corrected chi connectivity index (χ1v) is 8.67. The summed E-state index contributed by atoms with van der Waals surface area (Å²) in [5.74, 6) is 1.62. The predicted octanol–water partition coefficient (Wildman–Crippen LogP) is 3.10. The molecule has 0 amide bonds. The maximum Gasteiger partial charge on any atom is 0.225 e. The van der Waals surface area contributed by atoms with E-state index in [1.807, 2.05) is 57.4 Å². The number of aromatic nitrogens is 2. The molecule has 1 saturated heterocycles. The molecule has 3 rings (SSSR count). The van der Waals surface area contributed by atoms with Crippen LogP contribution in [0.4, 0.5) is 11.6 Å². The molecule has 0 aliphatic carbocycles. The van der Waals surface area contributed by atoms with Crippen molar-refractivity contribution in [2.45, 2.75) is 32.9 Å². The fraction of sp³-hybridized carbons (Fsp3) is 0.474. The zero-order valence-corrected chi connectivity index (χ0v) is 15.2. The summed E-state index contributed by atoms with van der Waals surface area (Å²) < 4.78 is 11.4. The predicted molar refractivity (Wildman–Crippen MR) is 99.2 cm³/mol. The van der Waals surface area contributed by atoms with Crippen LogP contribution in [0.5, 0.6) is 5.75 Å². The van der Waals surface area contributed by atoms with Gasteiger partial charge in [0.15, 0.2) is 0 Å². The highest BCUT2D eigenvalue weighted by Crippen LogP contribution is 2.28. The largest absolute Gasteiger partial charge is 0.486 e. The Kier molecular flexibility index (Phi) is 5.38. The van der Waals surface area contributed by atoms with Crippen molar-refractivity contribution in [1.29, 1.82) is 0 Å². The highest BCUT2D eigenvalue weighted by atomic mass is 16.5. The van der Waals surface area contributed by atoms with Gasteiger partial charge < -0.3 is 19.7 Å². The Bertz CT molecular complexity index is 677. The number of nitrogens with zero attached hydrogens (tertiary/aromatic N) is 3. The molecule has 6 nitrogen and oxygen atoms in total. The molecule has 0 unspecified atom stereocenters. The molecule has 2 heterocycles. The minimum Gasteiger partial charge on any atom is -0.486 e. The van der Waals surface area contributed by atoms with Crippen LogP contribution in [0.3, 0.4) is 0 Å². The third kappa shape index (κ3) is 5.06. The van der Waals surface area contributed by atoms with E-state index in [1.54, 1.807) is 0 Å². The maximum atomic E-state index is 6.01. The molecule has 0 radical (unpaired) electrons. The van der Waals surface area contributed by atoms with Crippen molar-refractivity contribution in [3.63, 3.8) is 0 Å². The molecule has 0 saturated carbocycles. The Morgan fingerprint density at radius 1 is 1.12 bits per heavy atom. The molecule has 1 aromatic heterocycles. The first-order chi connectivity index (χ1) is 12.0. The second-order valence-corrected chi connectivity index (χ2v) is 7.05. The van der Waals surface area contributed by atoms with Crippen LogP contribution >= 0.6 is 0 Å². The highest BCUT2D eigenvalue weighted by Gasteiger charge is 2.15. The van der Waals surface area contributed by atoms with Gasteiger partial charge in [0.05, 0.1) is 18.9 Å². The van der Waals surface area contributed by atoms with Crippen LogP contribution in [-0.2, 0) is 11.3 Å². The molecule has 0 bridgehead atoms. The lowest BCUT2D eigenvalue weighted by Crippen LogP contribution is -2.37. The second-order valence-electron chi connectivity index (χ2n) is 7.05. The number of nitrogens with one attached hydrogen (secondary N) is 1. The van der Waals surface area contributed by atoms with Gasteiger partial charge in [-0.2, -0.15) is 0 Å². The standard InChI is InChI=1S/C19H26N4O2/c1-19(2,3)25-17-7-5-4-6-16(17)20-12-15-13-21-18(22-14-15)23-8-10-24-11-9-23/h4-7,13-14,20H,8-12H2,1-3H3. The van der Waals surface area contributed by atoms with Crippen molar-refractivity contribution < 1.29 is 9.47 Å². The summed E-state index contributed by atoms with van der Waals surface area (Å²) in [6.45, 7) is 9.93. The number of hydrogen-bond donors (Lipinski definition) is 1. The number of ether oxygens (including phenoxy) is 2. The van der Waals surface area contributed by atoms with E-state index in [0.717, 1.165) is 49.3 Å². The van der Waals surface area contributed by atoms with Crippen LogP contribution in [0.25, 0.3) is 0 Å². The lowest BCUT2D eigenvalue weighted by Gasteiger charge is -2.26. The van der Waals surface area contributed by atoms with Crippen molar-refractivity contribution >= 4 is 11.6 Å². The van der Waals surface area contributed by atoms with Gasteiger partial charge >= 0.3 is 0 Å². The molecule has 1 N–H and O–H groups in total. The summed E-state index contributed by atoms with van der Waals surface area (Å²) in [7, 11) is 0. The number of morpholine rings is 1. The average molecular weight is 342 g/mol. The number of hydrogen-bond acceptors (Lipinski definition) is 6. The first-order valence-electron chi connectivity index (χ1n) is 8.67. The molecule has 6 heteroatoms. The van der Waals surface area contributed by atoms with Crippen LogP contribution in [0.15, 0.2) is 36.7 Å². The summed E-state index contributed by atoms with van der Waals surface area (Å²) in [5.41, 5.74) is 1.76. The number of para-hydroxylation sites is 2. The van der Waals surface area contributed by atoms with E-state index >= 15 is 0 Å². The van der Waals surface area contributed by atoms with Gasteiger partial charge in [-0.1, -0.05) is 12.1 Å². The minimum atomic E-state index is -0.235. The Labute approximate surface area is 149 Å². The van der Waals surface area contributed by atoms with Crippen molar-refractivity contribution in [3.05, 3.63) is 42.2 Å². The van der Waals surface area contributed by atoms with Gasteiger partial charge in [-0.15, -0.1) is 0 Å². The van der Waals surface area contributed by atoms with E-state index in [9.17, 15) is 0 Å². The SMILES string of the molecule is CC(C)(C)Oc1ccccc1NCc1cnc(N2CCOCC2)nc1. The smallest absolute Gasteiger partial charge is 0.225 e. The average Bonchev–Trinajstić information content (AvgIpc) is 2.61. The molecule has 1 aliphatic heterocycles. The Morgan fingerprint density at radius 2 is 1.80 bits per heavy atom. The second kappa shape index (κ2) is 7.70. The Balaban J connectivity index is 1.62. The minimum absolute atomic E-state index is 0.235. The lowest BCUT2D eigenvalue weighted by atomic mass is 10.2. The van der Waals surface area contributed by atoms with Gasteiger partial charge in [0.2, 0.25) is 5.95 Å². The number of benzene rings is 1. The molecule has 0 spiro atoms. The van der Waals surface area contributed by atoms with Gasteiger partial charge in [-0.25, -0.2) is 9.97 Å². The van der Waals surface area contributed by atoms with Gasteiger partial charge in [-0.05, 0) is 32.9 Å². The van der Waals surface area contributed by atoms with Crippen molar-refractivity contribution in [1.82, 2.24) is 9.97 Å². The Hall–Kier alpha value is -2.34. The molecule has 134 valence electrons. The van der Waals surface area contributed by atoms with Gasteiger partial charge in [-0.3, -0.25) is 0 Å². The molecular weight excluding hydrogens is 316 g/mol. The van der Waals surface area contributed by atoms with Gasteiger partial charge in [0.1, 0.15) is 11.4 Å². The maximum absolute atomic E-state index is 6.01. The topological polar surface area (TPSA) is 59.5 Å². The molecule has 0 atom stereocenters. The summed E-state index contributed by atoms with van der Waals surface area (Å²) in [5, 5.41) is 3.41. The molecule has 1 aromatic carbocycles. The zero-order valence-electron chi connectivity index (χ0n) is 15.2. The van der Waals surface area contributed by atoms with Crippen LogP contribution < -0.4 is 15.0 Å². The van der Waals surface area contributed by atoms with Crippen molar-refractivity contribution in [3.8, 4) is 5.75 Å². The molecule has 1 aliphatic rings. The van der Waals surface area contributed by atoms with E-state index in [0.29, 0.717) is 6.54 Å². The van der Waals surface area contributed by atoms with E-state index in [1.165, 1.54) is 0 Å². The Morgan fingerprint density at radius 3 is 2.48 bits per heavy atom. The van der Waals surface area contributed by atoms with Crippen LogP contribution in [0.2, 0.25) is 0 Å². The van der Waals surface area contributed by atoms with E-state index < -0.39 is 0 Å². The summed E-state index contributed by atoms with van der Waals surface area (Å²) in [4.78, 5) is 11.1. The quantitative estimate of drug-likeness (QED) is 0.901. The summed E-state index contributed by atoms with van der Waals surface area (Å²) in [6, 6.07) is 7.97. The van der Waals surface area contributed by atoms with E-state index in [4.69, 9.17) is 9.47 Å². The van der Waals surface area contributed by atoms with Crippen molar-refractivity contribution in [2.75, 3.05) is 36.5 Å². The highest BCUT2D eigenvalue weighted by molar-refractivity contribution is 5.56. The summed E-state index contributed by atoms with van der Waals surface area (Å²) >= 11 is 0. The lowest BCUT2D eigenvalue weighted by molar-refractivity contribution is 0.122. The number of rotatable bonds is 5. The van der Waals surface area contributed by atoms with Crippen LogP contribution in [0.1, 0.15) is 26.3 Å². The van der Waals surface area contributed by atoms with E-state index in [-0.39, 0.29) is 5.60 Å². The molecule has 1 fully saturated rings. The van der Waals surface area contributed by atoms with Crippen LogP contribution in [0, 0.1) is 0 Å². The number of anilines is 2. The third-order valence-electron chi connectivity index (χ3n) is 3.77. The normalized spacial score (nSPS) is 15.1. The first kappa shape index (κ1) is 17.5. The molecule has 25 heavy (non-hydrogen) atoms. The van der Waals surface area contributed by atoms with Crippen LogP contribution in [-0.4, -0.2) is 41.9 Å². The fourth-order valence-corrected chi connectivity index (χ4v) is 2.59. The van der Waals surface area contributed by atoms with Gasteiger partial charge in [0.25, 0.3) is 0 Å². The molecular formula is C19H26N4O2. The third-order valence-corrected chi connectivity index (χ3v) is 3.77. The van der Waals surface area contributed by atoms with Crippen molar-refractivity contribution in [2.24, 2.45) is 0 Å². The van der Waals surface area contributed by atoms with Gasteiger partial charge in [0, 0.05) is 37.6 Å². The summed E-state index contributed by atoms with van der Waals surface area (Å²) in [6.07, 6.45) is 3.75. The fourth-order valence-electron chi connectivity index (χ4n) is 2.59.